The predicted molar refractivity (Wildman–Crippen MR) is 236 cm³/mol. The molecule has 10 rings (SSSR count). The summed E-state index contributed by atoms with van der Waals surface area (Å²) in [4.78, 5) is 2.37. The molecule has 0 saturated carbocycles. The number of hydrogen-bond donors (Lipinski definition) is 0. The van der Waals surface area contributed by atoms with Crippen molar-refractivity contribution in [1.82, 2.24) is 0 Å². The second-order valence-corrected chi connectivity index (χ2v) is 14.1. The van der Waals surface area contributed by atoms with E-state index in [1.807, 2.05) is 12.1 Å². The van der Waals surface area contributed by atoms with Crippen LogP contribution in [0.5, 0.6) is 0 Å². The van der Waals surface area contributed by atoms with Crippen LogP contribution in [0.4, 0.5) is 17.1 Å². The topological polar surface area (TPSA) is 16.4 Å². The Labute approximate surface area is 327 Å². The second-order valence-electron chi connectivity index (χ2n) is 14.1. The Morgan fingerprint density at radius 2 is 0.750 bits per heavy atom. The van der Waals surface area contributed by atoms with Crippen LogP contribution in [0, 0.1) is 0 Å². The Hall–Kier alpha value is -7.42. The van der Waals surface area contributed by atoms with Gasteiger partial charge in [0.15, 0.2) is 0 Å². The van der Waals surface area contributed by atoms with E-state index in [2.05, 4.69) is 217 Å². The highest BCUT2D eigenvalue weighted by atomic mass is 16.3. The van der Waals surface area contributed by atoms with Crippen LogP contribution >= 0.6 is 0 Å². The van der Waals surface area contributed by atoms with Gasteiger partial charge in [-0.15, -0.1) is 0 Å². The first-order valence-corrected chi connectivity index (χ1v) is 19.1. The number of benzene rings is 9. The molecular weight excluding hydrogens is 679 g/mol. The van der Waals surface area contributed by atoms with Crippen molar-refractivity contribution in [3.63, 3.8) is 0 Å². The zero-order chi connectivity index (χ0) is 37.3. The summed E-state index contributed by atoms with van der Waals surface area (Å²) in [7, 11) is 0. The average Bonchev–Trinajstić information content (AvgIpc) is 3.66. The maximum atomic E-state index is 6.46. The highest BCUT2D eigenvalue weighted by Crippen LogP contribution is 2.46. The number of anilines is 3. The number of hydrogen-bond acceptors (Lipinski definition) is 2. The molecule has 0 aliphatic carbocycles. The van der Waals surface area contributed by atoms with Gasteiger partial charge in [-0.3, -0.25) is 0 Å². The molecule has 9 aromatic carbocycles. The third-order valence-electron chi connectivity index (χ3n) is 10.7. The SMILES string of the molecule is c1ccc(-c2ccc(N(c3ccc4c(c3)oc3ccccc34)c3ccc(-c4cc(-c5ccccc5)ccc4-c4ccccc4)cc3-c3ccccc3)cc2)cc1. The van der Waals surface area contributed by atoms with Crippen LogP contribution in [0.25, 0.3) is 77.6 Å². The van der Waals surface area contributed by atoms with Crippen molar-refractivity contribution < 1.29 is 4.42 Å². The fraction of sp³-hybridized carbons (Fsp3) is 0. The summed E-state index contributed by atoms with van der Waals surface area (Å²) in [6.45, 7) is 0. The Morgan fingerprint density at radius 1 is 0.268 bits per heavy atom. The lowest BCUT2D eigenvalue weighted by atomic mass is 9.89. The van der Waals surface area contributed by atoms with Gasteiger partial charge in [0, 0.05) is 33.8 Å². The third kappa shape index (κ3) is 6.24. The summed E-state index contributed by atoms with van der Waals surface area (Å²) in [6, 6.07) is 80.2. The van der Waals surface area contributed by atoms with Crippen LogP contribution in [0.3, 0.4) is 0 Å². The van der Waals surface area contributed by atoms with E-state index in [1.54, 1.807) is 0 Å². The van der Waals surface area contributed by atoms with Crippen LogP contribution in [0.1, 0.15) is 0 Å². The minimum Gasteiger partial charge on any atom is -0.456 e. The third-order valence-corrected chi connectivity index (χ3v) is 10.7. The molecule has 1 aromatic heterocycles. The number of nitrogens with zero attached hydrogens (tertiary/aromatic N) is 1. The largest absolute Gasteiger partial charge is 0.456 e. The smallest absolute Gasteiger partial charge is 0.137 e. The van der Waals surface area contributed by atoms with Crippen LogP contribution in [-0.2, 0) is 0 Å². The van der Waals surface area contributed by atoms with Gasteiger partial charge in [-0.25, -0.2) is 0 Å². The van der Waals surface area contributed by atoms with Gasteiger partial charge in [0.05, 0.1) is 5.69 Å². The molecule has 2 nitrogen and oxygen atoms in total. The standard InChI is InChI=1S/C54H37NO/c1-5-15-38(16-6-1)40-25-29-45(30-26-40)55(46-31-33-49-48-23-13-14-24-53(48)56-54(49)37-46)52-34-28-44(36-51(52)42-21-11-4-12-22-42)50-35-43(39-17-7-2-8-18-39)27-32-47(50)41-19-9-3-10-20-41/h1-37H. The summed E-state index contributed by atoms with van der Waals surface area (Å²) in [5.74, 6) is 0. The first kappa shape index (κ1) is 33.2. The van der Waals surface area contributed by atoms with Crippen LogP contribution in [-0.4, -0.2) is 0 Å². The molecule has 0 atom stereocenters. The molecule has 0 bridgehead atoms. The Morgan fingerprint density at radius 3 is 1.43 bits per heavy atom. The van der Waals surface area contributed by atoms with Crippen molar-refractivity contribution in [2.75, 3.05) is 4.90 Å². The molecule has 0 aliphatic heterocycles. The van der Waals surface area contributed by atoms with Gasteiger partial charge in [0.2, 0.25) is 0 Å². The van der Waals surface area contributed by atoms with E-state index in [1.165, 1.54) is 38.9 Å². The highest BCUT2D eigenvalue weighted by molar-refractivity contribution is 6.06. The number of para-hydroxylation sites is 1. The van der Waals surface area contributed by atoms with Gasteiger partial charge >= 0.3 is 0 Å². The van der Waals surface area contributed by atoms with Crippen molar-refractivity contribution in [2.45, 2.75) is 0 Å². The van der Waals surface area contributed by atoms with E-state index in [-0.39, 0.29) is 0 Å². The van der Waals surface area contributed by atoms with E-state index in [0.29, 0.717) is 0 Å². The fourth-order valence-electron chi connectivity index (χ4n) is 7.92. The summed E-state index contributed by atoms with van der Waals surface area (Å²) < 4.78 is 6.46. The number of furan rings is 1. The molecule has 0 unspecified atom stereocenters. The van der Waals surface area contributed by atoms with E-state index < -0.39 is 0 Å². The van der Waals surface area contributed by atoms with Crippen molar-refractivity contribution >= 4 is 39.0 Å². The lowest BCUT2D eigenvalue weighted by Crippen LogP contribution is -2.11. The Bertz CT molecular complexity index is 2930. The summed E-state index contributed by atoms with van der Waals surface area (Å²) in [6.07, 6.45) is 0. The maximum Gasteiger partial charge on any atom is 0.137 e. The molecule has 10 aromatic rings. The molecule has 1 heterocycles. The van der Waals surface area contributed by atoms with Gasteiger partial charge in [-0.1, -0.05) is 170 Å². The first-order chi connectivity index (χ1) is 27.8. The van der Waals surface area contributed by atoms with E-state index >= 15 is 0 Å². The highest BCUT2D eigenvalue weighted by Gasteiger charge is 2.21. The van der Waals surface area contributed by atoms with Crippen molar-refractivity contribution in [3.8, 4) is 55.6 Å². The average molecular weight is 716 g/mol. The van der Waals surface area contributed by atoms with Crippen molar-refractivity contribution in [2.24, 2.45) is 0 Å². The quantitative estimate of drug-likeness (QED) is 0.156. The molecule has 0 radical (unpaired) electrons. The molecule has 264 valence electrons. The van der Waals surface area contributed by atoms with E-state index in [9.17, 15) is 0 Å². The van der Waals surface area contributed by atoms with E-state index in [0.717, 1.165) is 55.7 Å². The fourth-order valence-corrected chi connectivity index (χ4v) is 7.92. The van der Waals surface area contributed by atoms with Crippen LogP contribution < -0.4 is 4.90 Å². The molecule has 0 spiro atoms. The van der Waals surface area contributed by atoms with Gasteiger partial charge in [0.1, 0.15) is 11.2 Å². The molecule has 0 aliphatic rings. The zero-order valence-corrected chi connectivity index (χ0v) is 30.7. The molecule has 0 N–H and O–H groups in total. The molecule has 0 saturated heterocycles. The maximum absolute atomic E-state index is 6.46. The minimum absolute atomic E-state index is 0.859. The molecule has 0 amide bonds. The first-order valence-electron chi connectivity index (χ1n) is 19.1. The van der Waals surface area contributed by atoms with Crippen LogP contribution in [0.15, 0.2) is 229 Å². The summed E-state index contributed by atoms with van der Waals surface area (Å²) >= 11 is 0. The molecule has 2 heteroatoms. The molecular formula is C54H37NO. The lowest BCUT2D eigenvalue weighted by molar-refractivity contribution is 0.669. The second kappa shape index (κ2) is 14.4. The van der Waals surface area contributed by atoms with Gasteiger partial charge in [-0.2, -0.15) is 0 Å². The lowest BCUT2D eigenvalue weighted by Gasteiger charge is -2.29. The number of fused-ring (bicyclic) bond motifs is 3. The number of rotatable bonds is 8. The normalized spacial score (nSPS) is 11.2. The molecule has 56 heavy (non-hydrogen) atoms. The van der Waals surface area contributed by atoms with Crippen molar-refractivity contribution in [1.29, 1.82) is 0 Å². The van der Waals surface area contributed by atoms with Gasteiger partial charge in [0.25, 0.3) is 0 Å². The predicted octanol–water partition coefficient (Wildman–Crippen LogP) is 15.4. The van der Waals surface area contributed by atoms with E-state index in [4.69, 9.17) is 4.42 Å². The van der Waals surface area contributed by atoms with Gasteiger partial charge < -0.3 is 9.32 Å². The van der Waals surface area contributed by atoms with Crippen LogP contribution in [0.2, 0.25) is 0 Å². The Balaban J connectivity index is 1.19. The summed E-state index contributed by atoms with van der Waals surface area (Å²) in [5.41, 5.74) is 16.6. The van der Waals surface area contributed by atoms with Crippen molar-refractivity contribution in [3.05, 3.63) is 224 Å². The molecule has 0 fully saturated rings. The summed E-state index contributed by atoms with van der Waals surface area (Å²) in [5, 5.41) is 2.23. The minimum atomic E-state index is 0.859. The zero-order valence-electron chi connectivity index (χ0n) is 30.7. The monoisotopic (exact) mass is 715 g/mol. The van der Waals surface area contributed by atoms with Gasteiger partial charge in [-0.05, 0) is 98.6 Å². The Kier molecular flexibility index (Phi) is 8.55.